The Balaban J connectivity index is 1.54. The molecule has 0 aliphatic carbocycles. The molecule has 3 aromatic rings. The van der Waals surface area contributed by atoms with Crippen LogP contribution in [0.5, 0.6) is 0 Å². The largest absolute Gasteiger partial charge is 0.462 e. The maximum Gasteiger partial charge on any atom is 0.338 e. The van der Waals surface area contributed by atoms with Gasteiger partial charge in [-0.05, 0) is 41.4 Å². The highest BCUT2D eigenvalue weighted by Crippen LogP contribution is 2.13. The molecule has 150 valence electrons. The van der Waals surface area contributed by atoms with Gasteiger partial charge in [-0.3, -0.25) is 9.84 Å². The van der Waals surface area contributed by atoms with Gasteiger partial charge in [0.2, 0.25) is 5.27 Å². The van der Waals surface area contributed by atoms with E-state index in [0.717, 1.165) is 6.42 Å². The SMILES string of the molecule is CCOC(=O)c1ccc(NC(=O)Nc2c[n+](C(C)Cc3ccccc3)no2)cc1. The lowest BCUT2D eigenvalue weighted by atomic mass is 10.1. The molecule has 0 spiro atoms. The summed E-state index contributed by atoms with van der Waals surface area (Å²) in [6.45, 7) is 4.07. The van der Waals surface area contributed by atoms with Gasteiger partial charge in [0.15, 0.2) is 6.04 Å². The molecule has 1 heterocycles. The first-order valence-electron chi connectivity index (χ1n) is 9.32. The summed E-state index contributed by atoms with van der Waals surface area (Å²) in [7, 11) is 0. The van der Waals surface area contributed by atoms with Gasteiger partial charge in [0.1, 0.15) is 0 Å². The van der Waals surface area contributed by atoms with Crippen molar-refractivity contribution in [2.24, 2.45) is 0 Å². The van der Waals surface area contributed by atoms with Gasteiger partial charge in [-0.15, -0.1) is 0 Å². The Morgan fingerprint density at radius 3 is 2.52 bits per heavy atom. The third-order valence-corrected chi connectivity index (χ3v) is 4.20. The summed E-state index contributed by atoms with van der Waals surface area (Å²) in [5.41, 5.74) is 2.14. The van der Waals surface area contributed by atoms with Crippen LogP contribution >= 0.6 is 0 Å². The fourth-order valence-corrected chi connectivity index (χ4v) is 2.75. The number of esters is 1. The van der Waals surface area contributed by atoms with Crippen LogP contribution in [0.15, 0.2) is 65.3 Å². The van der Waals surface area contributed by atoms with E-state index in [1.54, 1.807) is 42.1 Å². The van der Waals surface area contributed by atoms with E-state index >= 15 is 0 Å². The second-order valence-corrected chi connectivity index (χ2v) is 6.46. The first-order valence-corrected chi connectivity index (χ1v) is 9.32. The predicted octanol–water partition coefficient (Wildman–Crippen LogP) is 3.59. The molecule has 2 amide bonds. The van der Waals surface area contributed by atoms with Crippen molar-refractivity contribution in [2.75, 3.05) is 17.2 Å². The minimum absolute atomic E-state index is 0.0650. The zero-order chi connectivity index (χ0) is 20.6. The summed E-state index contributed by atoms with van der Waals surface area (Å²) in [5, 5.41) is 9.23. The van der Waals surface area contributed by atoms with Crippen molar-refractivity contribution < 1.29 is 23.5 Å². The van der Waals surface area contributed by atoms with E-state index in [4.69, 9.17) is 9.26 Å². The molecule has 1 unspecified atom stereocenters. The maximum absolute atomic E-state index is 12.2. The van der Waals surface area contributed by atoms with Gasteiger partial charge in [0.05, 0.1) is 12.2 Å². The molecule has 1 atom stereocenters. The van der Waals surface area contributed by atoms with Gasteiger partial charge in [0.25, 0.3) is 6.20 Å². The van der Waals surface area contributed by atoms with E-state index in [0.29, 0.717) is 17.9 Å². The number of anilines is 2. The number of ether oxygens (including phenoxy) is 1. The van der Waals surface area contributed by atoms with Crippen LogP contribution in [0.25, 0.3) is 0 Å². The number of rotatable bonds is 7. The van der Waals surface area contributed by atoms with Crippen LogP contribution in [0.1, 0.15) is 35.8 Å². The Kier molecular flexibility index (Phi) is 6.57. The number of nitrogens with zero attached hydrogens (tertiary/aromatic N) is 2. The fourth-order valence-electron chi connectivity index (χ4n) is 2.75. The van der Waals surface area contributed by atoms with Crippen molar-refractivity contribution >= 4 is 23.6 Å². The average Bonchev–Trinajstić information content (AvgIpc) is 3.18. The van der Waals surface area contributed by atoms with E-state index < -0.39 is 12.0 Å². The normalized spacial score (nSPS) is 11.5. The number of aromatic nitrogens is 2. The van der Waals surface area contributed by atoms with Crippen LogP contribution in [0.2, 0.25) is 0 Å². The average molecular weight is 395 g/mol. The molecule has 29 heavy (non-hydrogen) atoms. The van der Waals surface area contributed by atoms with E-state index in [9.17, 15) is 9.59 Å². The summed E-state index contributed by atoms with van der Waals surface area (Å²) in [6, 6.07) is 16.1. The molecule has 0 saturated heterocycles. The highest BCUT2D eigenvalue weighted by molar-refractivity contribution is 5.99. The van der Waals surface area contributed by atoms with E-state index in [1.165, 1.54) is 5.56 Å². The summed E-state index contributed by atoms with van der Waals surface area (Å²) in [4.78, 5) is 23.8. The number of urea groups is 1. The van der Waals surface area contributed by atoms with Gasteiger partial charge in [-0.2, -0.15) is 0 Å². The summed E-state index contributed by atoms with van der Waals surface area (Å²) < 4.78 is 11.8. The molecule has 0 bridgehead atoms. The second-order valence-electron chi connectivity index (χ2n) is 6.46. The standard InChI is InChI=1S/C21H22N4O4/c1-3-28-20(26)17-9-11-18(12-10-17)22-21(27)23-19-14-25(24-29-19)15(2)13-16-7-5-4-6-8-16/h4-12,14-15H,3,13H2,1-2H3,(H-,22,23,24,26,27)/p+1. The highest BCUT2D eigenvalue weighted by Gasteiger charge is 2.21. The molecule has 0 aliphatic rings. The zero-order valence-corrected chi connectivity index (χ0v) is 16.3. The summed E-state index contributed by atoms with van der Waals surface area (Å²) in [6.07, 6.45) is 2.42. The molecule has 2 aromatic carbocycles. The van der Waals surface area contributed by atoms with Gasteiger partial charge in [-0.25, -0.2) is 9.59 Å². The van der Waals surface area contributed by atoms with Crippen LogP contribution in [0.3, 0.4) is 0 Å². The van der Waals surface area contributed by atoms with Crippen LogP contribution in [0.4, 0.5) is 16.4 Å². The molecule has 1 aromatic heterocycles. The van der Waals surface area contributed by atoms with Crippen molar-refractivity contribution in [1.82, 2.24) is 5.27 Å². The monoisotopic (exact) mass is 395 g/mol. The summed E-state index contributed by atoms with van der Waals surface area (Å²) >= 11 is 0. The number of carbonyl (C=O) groups is 2. The topological polar surface area (TPSA) is 97.3 Å². The number of hydrogen-bond donors (Lipinski definition) is 2. The molecule has 2 N–H and O–H groups in total. The van der Waals surface area contributed by atoms with E-state index in [-0.39, 0.29) is 11.9 Å². The minimum Gasteiger partial charge on any atom is -0.462 e. The van der Waals surface area contributed by atoms with Crippen LogP contribution in [-0.2, 0) is 11.2 Å². The first-order chi connectivity index (χ1) is 14.0. The molecule has 0 aliphatic heterocycles. The van der Waals surface area contributed by atoms with Crippen molar-refractivity contribution in [3.05, 3.63) is 71.9 Å². The number of amides is 2. The highest BCUT2D eigenvalue weighted by atomic mass is 16.5. The summed E-state index contributed by atoms with van der Waals surface area (Å²) in [5.74, 6) is -0.176. The van der Waals surface area contributed by atoms with Crippen molar-refractivity contribution in [2.45, 2.75) is 26.3 Å². The number of nitrogens with one attached hydrogen (secondary N) is 2. The Bertz CT molecular complexity index is 954. The zero-order valence-electron chi connectivity index (χ0n) is 16.3. The molecular weight excluding hydrogens is 372 g/mol. The first kappa shape index (κ1) is 20.1. The third kappa shape index (κ3) is 5.65. The molecule has 8 heteroatoms. The van der Waals surface area contributed by atoms with Gasteiger partial charge in [-0.1, -0.05) is 30.3 Å². The van der Waals surface area contributed by atoms with Crippen LogP contribution < -0.4 is 15.3 Å². The lowest BCUT2D eigenvalue weighted by Gasteiger charge is -2.06. The fraction of sp³-hybridized carbons (Fsp3) is 0.238. The second kappa shape index (κ2) is 9.50. The maximum atomic E-state index is 12.2. The van der Waals surface area contributed by atoms with Crippen LogP contribution in [0, 0.1) is 0 Å². The molecule has 0 saturated carbocycles. The van der Waals surface area contributed by atoms with Crippen molar-refractivity contribution in [3.63, 3.8) is 0 Å². The molecular formula is C21H23N4O4+. The molecule has 8 nitrogen and oxygen atoms in total. The van der Waals surface area contributed by atoms with E-state index in [1.807, 2.05) is 25.1 Å². The van der Waals surface area contributed by atoms with Crippen LogP contribution in [-0.4, -0.2) is 23.9 Å². The Hall–Kier alpha value is -3.68. The number of benzene rings is 2. The van der Waals surface area contributed by atoms with Gasteiger partial charge in [0, 0.05) is 19.0 Å². The van der Waals surface area contributed by atoms with Crippen molar-refractivity contribution in [3.8, 4) is 0 Å². The lowest BCUT2D eigenvalue weighted by Crippen LogP contribution is -2.40. The quantitative estimate of drug-likeness (QED) is 0.471. The van der Waals surface area contributed by atoms with Gasteiger partial charge < -0.3 is 10.1 Å². The Morgan fingerprint density at radius 2 is 1.83 bits per heavy atom. The number of carbonyl (C=O) groups excluding carboxylic acids is 2. The Labute approximate surface area is 168 Å². The van der Waals surface area contributed by atoms with Gasteiger partial charge >= 0.3 is 17.9 Å². The Morgan fingerprint density at radius 1 is 1.10 bits per heavy atom. The molecule has 3 rings (SSSR count). The van der Waals surface area contributed by atoms with E-state index in [2.05, 4.69) is 28.0 Å². The smallest absolute Gasteiger partial charge is 0.338 e. The molecule has 0 fully saturated rings. The lowest BCUT2D eigenvalue weighted by molar-refractivity contribution is -0.782. The third-order valence-electron chi connectivity index (χ3n) is 4.20. The predicted molar refractivity (Wildman–Crippen MR) is 107 cm³/mol. The minimum atomic E-state index is -0.479. The van der Waals surface area contributed by atoms with Crippen molar-refractivity contribution in [1.29, 1.82) is 0 Å². The number of hydrogen-bond acceptors (Lipinski definition) is 5. The molecule has 0 radical (unpaired) electrons.